The predicted molar refractivity (Wildman–Crippen MR) is 62.3 cm³/mol. The van der Waals surface area contributed by atoms with Crippen LogP contribution in [0.25, 0.3) is 0 Å². The number of quaternary nitrogens is 1. The Labute approximate surface area is 126 Å². The number of oxime groups is 1. The first-order valence-electron chi connectivity index (χ1n) is 6.25. The molecule has 20 heavy (non-hydrogen) atoms. The molecule has 0 spiro atoms. The van der Waals surface area contributed by atoms with Crippen molar-refractivity contribution in [3.63, 3.8) is 0 Å². The van der Waals surface area contributed by atoms with E-state index in [0.717, 1.165) is 40.0 Å². The average molecular weight is 346 g/mol. The molecule has 4 bridgehead atoms. The zero-order valence-corrected chi connectivity index (χ0v) is 12.7. The van der Waals surface area contributed by atoms with E-state index in [-0.39, 0.29) is 17.0 Å². The zero-order chi connectivity index (χ0) is 13.0. The number of aryl methyl sites for hydroxylation is 1. The highest BCUT2D eigenvalue weighted by Crippen LogP contribution is 2.31. The first-order chi connectivity index (χ1) is 9.20. The summed E-state index contributed by atoms with van der Waals surface area (Å²) >= 11 is 0. The molecule has 0 aromatic carbocycles. The van der Waals surface area contributed by atoms with Gasteiger partial charge in [0, 0.05) is 0 Å². The fraction of sp³-hybridized carbons (Fsp3) is 0.700. The lowest BCUT2D eigenvalue weighted by atomic mass is 10.2. The van der Waals surface area contributed by atoms with E-state index in [0.29, 0.717) is 21.7 Å². The number of hydrogen-bond acceptors (Lipinski definition) is 8. The predicted octanol–water partition coefficient (Wildman–Crippen LogP) is -3.97. The van der Waals surface area contributed by atoms with E-state index in [2.05, 4.69) is 30.2 Å². The Kier molecular flexibility index (Phi) is 3.29. The van der Waals surface area contributed by atoms with Crippen LogP contribution in [0.5, 0.6) is 0 Å². The maximum Gasteiger partial charge on any atom is 0.296 e. The molecule has 0 radical (unpaired) electrons. The molecule has 0 aliphatic carbocycles. The van der Waals surface area contributed by atoms with Crippen LogP contribution in [0.1, 0.15) is 11.4 Å². The fourth-order valence-corrected chi connectivity index (χ4v) is 3.54. The lowest BCUT2D eigenvalue weighted by Crippen LogP contribution is -3.00. The van der Waals surface area contributed by atoms with Crippen molar-refractivity contribution >= 4 is 5.84 Å². The number of aromatic nitrogens is 2. The van der Waals surface area contributed by atoms with Gasteiger partial charge < -0.3 is 22.2 Å². The summed E-state index contributed by atoms with van der Waals surface area (Å²) in [6, 6.07) is 0. The summed E-state index contributed by atoms with van der Waals surface area (Å²) in [5.41, 5.74) is 1.20. The smallest absolute Gasteiger partial charge is 0.296 e. The maximum atomic E-state index is 9.49. The molecule has 10 heteroatoms. The molecule has 1 aromatic heterocycles. The molecule has 1 N–H and O–H groups in total. The van der Waals surface area contributed by atoms with E-state index in [9.17, 15) is 5.21 Å². The number of halogens is 1. The first-order valence-corrected chi connectivity index (χ1v) is 6.25. The van der Waals surface area contributed by atoms with Gasteiger partial charge in [0.1, 0.15) is 25.7 Å². The van der Waals surface area contributed by atoms with Gasteiger partial charge in [0.2, 0.25) is 5.69 Å². The van der Waals surface area contributed by atoms with Crippen LogP contribution in [-0.2, 0) is 0 Å². The third-order valence-electron chi connectivity index (χ3n) is 4.02. The standard InChI is InChI=1S/C10H15N7O2.BrH/c1-8-9(13-19-12-8)10(11-18)17-5-14-2-15(6-17)4-16(3-14)7-17;/h2-7H2,1H3;1H/b11-10-;. The monoisotopic (exact) mass is 345 g/mol. The molecular formula is C10H16BrN7O2. The van der Waals surface area contributed by atoms with Gasteiger partial charge in [-0.2, -0.15) is 0 Å². The highest BCUT2D eigenvalue weighted by atomic mass is 79.9. The molecule has 4 saturated heterocycles. The SMILES string of the molecule is Cc1nonc1/C(=N/O)[N+]12CN3CN(CN(C3)C1)C2.[Br-]. The molecule has 4 aliphatic heterocycles. The molecule has 4 aliphatic rings. The van der Waals surface area contributed by atoms with Gasteiger partial charge in [0.25, 0.3) is 5.84 Å². The van der Waals surface area contributed by atoms with Gasteiger partial charge >= 0.3 is 0 Å². The molecule has 0 amide bonds. The molecule has 0 atom stereocenters. The van der Waals surface area contributed by atoms with E-state index in [4.69, 9.17) is 4.63 Å². The van der Waals surface area contributed by atoms with E-state index in [1.165, 1.54) is 0 Å². The van der Waals surface area contributed by atoms with Gasteiger partial charge in [-0.15, -0.1) is 0 Å². The Morgan fingerprint density at radius 3 is 2.10 bits per heavy atom. The molecule has 5 heterocycles. The fourth-order valence-electron chi connectivity index (χ4n) is 3.54. The van der Waals surface area contributed by atoms with Crippen molar-refractivity contribution in [2.45, 2.75) is 6.92 Å². The van der Waals surface area contributed by atoms with Gasteiger partial charge in [0.15, 0.2) is 0 Å². The third kappa shape index (κ3) is 1.87. The minimum absolute atomic E-state index is 0. The van der Waals surface area contributed by atoms with Crippen LogP contribution in [0.2, 0.25) is 0 Å². The molecule has 4 fully saturated rings. The van der Waals surface area contributed by atoms with Crippen LogP contribution in [0.4, 0.5) is 0 Å². The maximum absolute atomic E-state index is 9.49. The van der Waals surface area contributed by atoms with E-state index in [1.54, 1.807) is 0 Å². The zero-order valence-electron chi connectivity index (χ0n) is 11.1. The second-order valence-electron chi connectivity index (χ2n) is 5.63. The number of hydrogen-bond donors (Lipinski definition) is 1. The Morgan fingerprint density at radius 2 is 1.70 bits per heavy atom. The summed E-state index contributed by atoms with van der Waals surface area (Å²) in [6.07, 6.45) is 0. The second kappa shape index (κ2) is 4.74. The van der Waals surface area contributed by atoms with Gasteiger partial charge in [-0.25, -0.2) is 23.8 Å². The molecular weight excluding hydrogens is 330 g/mol. The quantitative estimate of drug-likeness (QED) is 0.183. The van der Waals surface area contributed by atoms with Crippen molar-refractivity contribution in [3.05, 3.63) is 11.4 Å². The van der Waals surface area contributed by atoms with Crippen molar-refractivity contribution in [1.29, 1.82) is 0 Å². The van der Waals surface area contributed by atoms with Crippen LogP contribution in [0.3, 0.4) is 0 Å². The minimum atomic E-state index is 0. The summed E-state index contributed by atoms with van der Waals surface area (Å²) in [6.45, 7) is 7.24. The summed E-state index contributed by atoms with van der Waals surface area (Å²) in [4.78, 5) is 7.01. The van der Waals surface area contributed by atoms with Gasteiger partial charge in [0.05, 0.1) is 20.0 Å². The van der Waals surface area contributed by atoms with Crippen LogP contribution < -0.4 is 17.0 Å². The van der Waals surface area contributed by atoms with Crippen molar-refractivity contribution in [3.8, 4) is 0 Å². The molecule has 1 aromatic rings. The van der Waals surface area contributed by atoms with Crippen LogP contribution in [0.15, 0.2) is 9.78 Å². The molecule has 110 valence electrons. The number of amidine groups is 1. The lowest BCUT2D eigenvalue weighted by molar-refractivity contribution is -0.904. The second-order valence-corrected chi connectivity index (χ2v) is 5.63. The third-order valence-corrected chi connectivity index (χ3v) is 4.02. The van der Waals surface area contributed by atoms with Crippen LogP contribution in [0, 0.1) is 6.92 Å². The van der Waals surface area contributed by atoms with E-state index < -0.39 is 0 Å². The van der Waals surface area contributed by atoms with Crippen molar-refractivity contribution in [1.82, 2.24) is 25.0 Å². The number of nitrogens with zero attached hydrogens (tertiary/aromatic N) is 7. The Balaban J connectivity index is 0.00000121. The van der Waals surface area contributed by atoms with Crippen molar-refractivity contribution in [2.75, 3.05) is 40.0 Å². The Morgan fingerprint density at radius 1 is 1.15 bits per heavy atom. The van der Waals surface area contributed by atoms with Crippen LogP contribution >= 0.6 is 0 Å². The number of rotatable bonds is 1. The highest BCUT2D eigenvalue weighted by Gasteiger charge is 2.53. The molecule has 0 saturated carbocycles. The van der Waals surface area contributed by atoms with Crippen molar-refractivity contribution in [2.24, 2.45) is 5.16 Å². The van der Waals surface area contributed by atoms with Crippen molar-refractivity contribution < 1.29 is 31.3 Å². The largest absolute Gasteiger partial charge is 1.00 e. The van der Waals surface area contributed by atoms with Gasteiger partial charge in [-0.3, -0.25) is 0 Å². The topological polar surface area (TPSA) is 81.2 Å². The minimum Gasteiger partial charge on any atom is -1.00 e. The van der Waals surface area contributed by atoms with Gasteiger partial charge in [-0.05, 0) is 17.2 Å². The van der Waals surface area contributed by atoms with E-state index in [1.807, 2.05) is 6.92 Å². The lowest BCUT2D eigenvalue weighted by Gasteiger charge is -2.59. The van der Waals surface area contributed by atoms with Gasteiger partial charge in [-0.1, -0.05) is 5.16 Å². The normalized spacial score (nSPS) is 38.9. The average Bonchev–Trinajstić information content (AvgIpc) is 2.74. The summed E-state index contributed by atoms with van der Waals surface area (Å²) in [7, 11) is 0. The highest BCUT2D eigenvalue weighted by molar-refractivity contribution is 5.92. The molecule has 0 unspecified atom stereocenters. The Bertz CT molecular complexity index is 510. The summed E-state index contributed by atoms with van der Waals surface area (Å²) < 4.78 is 5.31. The Hall–Kier alpha value is -1.07. The molecule has 9 nitrogen and oxygen atoms in total. The first kappa shape index (κ1) is 13.9. The molecule has 5 rings (SSSR count). The van der Waals surface area contributed by atoms with E-state index >= 15 is 0 Å². The summed E-state index contributed by atoms with van der Waals surface area (Å²) in [5.74, 6) is 0.540. The van der Waals surface area contributed by atoms with Crippen LogP contribution in [-0.4, -0.2) is 80.6 Å². The summed E-state index contributed by atoms with van der Waals surface area (Å²) in [5, 5.41) is 20.7.